The van der Waals surface area contributed by atoms with Gasteiger partial charge in [0, 0.05) is 76.7 Å². The van der Waals surface area contributed by atoms with Gasteiger partial charge in [0.05, 0.1) is 13.0 Å². The first-order valence-electron chi connectivity index (χ1n) is 17.9. The van der Waals surface area contributed by atoms with Gasteiger partial charge in [0.25, 0.3) is 0 Å². The molecule has 6 heterocycles. The average molecular weight is 617 g/mol. The molecule has 2 N–H and O–H groups in total. The van der Waals surface area contributed by atoms with Crippen LogP contribution in [0.4, 0.5) is 0 Å². The van der Waals surface area contributed by atoms with Gasteiger partial charge in [-0.2, -0.15) is 0 Å². The Labute approximate surface area is 272 Å². The number of carbonyl (C=O) groups is 1. The third kappa shape index (κ3) is 4.18. The van der Waals surface area contributed by atoms with Crippen LogP contribution in [0.1, 0.15) is 79.4 Å². The van der Waals surface area contributed by atoms with Crippen LogP contribution >= 0.6 is 0 Å². The molecule has 240 valence electrons. The number of fused-ring (bicyclic) bond motifs is 9. The maximum Gasteiger partial charge on any atom is 0.310 e. The molecule has 4 aromatic rings. The number of nitrogens with zero attached hydrogens (tertiary/aromatic N) is 2. The summed E-state index contributed by atoms with van der Waals surface area (Å²) >= 11 is 0. The van der Waals surface area contributed by atoms with Gasteiger partial charge in [0.2, 0.25) is 0 Å². The summed E-state index contributed by atoms with van der Waals surface area (Å²) in [5.41, 5.74) is 11.0. The van der Waals surface area contributed by atoms with E-state index in [-0.39, 0.29) is 29.8 Å². The highest BCUT2D eigenvalue weighted by Crippen LogP contribution is 2.52. The minimum atomic E-state index is -0.194. The van der Waals surface area contributed by atoms with Gasteiger partial charge in [-0.15, -0.1) is 0 Å². The summed E-state index contributed by atoms with van der Waals surface area (Å²) in [6.07, 6.45) is 9.16. The fourth-order valence-corrected chi connectivity index (χ4v) is 11.2. The molecule has 0 amide bonds. The van der Waals surface area contributed by atoms with Crippen molar-refractivity contribution in [1.29, 1.82) is 0 Å². The molecule has 2 aliphatic carbocycles. The maximum absolute atomic E-state index is 13.6. The molecule has 6 heteroatoms. The van der Waals surface area contributed by atoms with E-state index in [2.05, 4.69) is 89.2 Å². The van der Waals surface area contributed by atoms with Gasteiger partial charge in [-0.05, 0) is 92.7 Å². The molecule has 2 unspecified atom stereocenters. The smallest absolute Gasteiger partial charge is 0.310 e. The molecule has 0 radical (unpaired) electrons. The Bertz CT molecular complexity index is 1870. The first-order valence-corrected chi connectivity index (χ1v) is 17.9. The van der Waals surface area contributed by atoms with Crippen molar-refractivity contribution in [2.75, 3.05) is 33.8 Å². The van der Waals surface area contributed by atoms with Crippen LogP contribution in [0.15, 0.2) is 54.1 Å². The van der Waals surface area contributed by atoms with Crippen LogP contribution in [0, 0.1) is 23.7 Å². The summed E-state index contributed by atoms with van der Waals surface area (Å²) in [7, 11) is 3.74. The number of rotatable bonds is 3. The molecular formula is C40H48N4O2. The Morgan fingerprint density at radius 1 is 1.00 bits per heavy atom. The SMILES string of the molecule is C/C=C1/CN(C)[C@@H]2Cc3c([nH]c4ccccc34)[C@@H](c3ccc4c5c([nH]c4c3)[C@@H]3C[C@H]4C[C@H](CC)[C@@H]3N(CC5)C4)C[C@H]1C2C(=O)OC. The van der Waals surface area contributed by atoms with Gasteiger partial charge in [-0.3, -0.25) is 14.6 Å². The van der Waals surface area contributed by atoms with E-state index in [1.807, 2.05) is 0 Å². The van der Waals surface area contributed by atoms with Crippen molar-refractivity contribution in [2.45, 2.75) is 76.3 Å². The lowest BCUT2D eigenvalue weighted by Crippen LogP contribution is -2.56. The van der Waals surface area contributed by atoms with Crippen LogP contribution in [0.5, 0.6) is 0 Å². The van der Waals surface area contributed by atoms with E-state index < -0.39 is 0 Å². The number of likely N-dealkylation sites (N-methyl/N-ethyl adjacent to an activating group) is 1. The molecule has 3 saturated heterocycles. The highest BCUT2D eigenvalue weighted by atomic mass is 16.5. The number of methoxy groups -OCH3 is 1. The summed E-state index contributed by atoms with van der Waals surface area (Å²) < 4.78 is 5.54. The van der Waals surface area contributed by atoms with Crippen LogP contribution in [-0.2, 0) is 22.4 Å². The fraction of sp³-hybridized carbons (Fsp3) is 0.525. The fourth-order valence-electron chi connectivity index (χ4n) is 11.2. The summed E-state index contributed by atoms with van der Waals surface area (Å²) in [6, 6.07) is 16.8. The average Bonchev–Trinajstić information content (AvgIpc) is 3.60. The number of nitrogens with one attached hydrogen (secondary N) is 2. The molecule has 4 fully saturated rings. The van der Waals surface area contributed by atoms with E-state index in [4.69, 9.17) is 4.74 Å². The first kappa shape index (κ1) is 28.8. The number of hydrogen-bond acceptors (Lipinski definition) is 4. The predicted octanol–water partition coefficient (Wildman–Crippen LogP) is 7.15. The van der Waals surface area contributed by atoms with Crippen molar-refractivity contribution >= 4 is 27.8 Å². The summed E-state index contributed by atoms with van der Waals surface area (Å²) in [5, 5.41) is 2.70. The Balaban J connectivity index is 1.19. The van der Waals surface area contributed by atoms with Crippen LogP contribution in [0.3, 0.4) is 0 Å². The first-order chi connectivity index (χ1) is 22.5. The molecule has 10 rings (SSSR count). The zero-order chi connectivity index (χ0) is 31.3. The van der Waals surface area contributed by atoms with Crippen LogP contribution in [0.25, 0.3) is 21.8 Å². The Morgan fingerprint density at radius 3 is 2.65 bits per heavy atom. The Kier molecular flexibility index (Phi) is 6.80. The molecule has 0 spiro atoms. The lowest BCUT2D eigenvalue weighted by Gasteiger charge is -2.53. The molecule has 2 aromatic carbocycles. The van der Waals surface area contributed by atoms with E-state index in [9.17, 15) is 4.79 Å². The van der Waals surface area contributed by atoms with Crippen LogP contribution < -0.4 is 0 Å². The van der Waals surface area contributed by atoms with E-state index in [0.29, 0.717) is 12.0 Å². The Morgan fingerprint density at radius 2 is 1.83 bits per heavy atom. The molecule has 9 atom stereocenters. The highest BCUT2D eigenvalue weighted by Gasteiger charge is 2.49. The van der Waals surface area contributed by atoms with Crippen molar-refractivity contribution < 1.29 is 9.53 Å². The zero-order valence-electron chi connectivity index (χ0n) is 27.8. The minimum Gasteiger partial charge on any atom is -0.469 e. The number of H-pyrrole nitrogens is 2. The quantitative estimate of drug-likeness (QED) is 0.190. The van der Waals surface area contributed by atoms with Gasteiger partial charge < -0.3 is 14.7 Å². The molecule has 6 aliphatic rings. The van der Waals surface area contributed by atoms with Crippen LogP contribution in [0.2, 0.25) is 0 Å². The van der Waals surface area contributed by atoms with Gasteiger partial charge >= 0.3 is 5.97 Å². The minimum absolute atomic E-state index is 0.0762. The highest BCUT2D eigenvalue weighted by molar-refractivity contribution is 5.88. The molecule has 1 saturated carbocycles. The van der Waals surface area contributed by atoms with Crippen LogP contribution in [-0.4, -0.2) is 71.6 Å². The topological polar surface area (TPSA) is 64.4 Å². The molecule has 6 nitrogen and oxygen atoms in total. The number of piperidine rings is 3. The van der Waals surface area contributed by atoms with E-state index in [1.54, 1.807) is 12.7 Å². The number of carbonyl (C=O) groups excluding carboxylic acids is 1. The van der Waals surface area contributed by atoms with Crippen molar-refractivity contribution in [3.63, 3.8) is 0 Å². The third-order valence-corrected chi connectivity index (χ3v) is 13.2. The number of esters is 1. The third-order valence-electron chi connectivity index (χ3n) is 13.2. The Hall–Kier alpha value is -3.35. The van der Waals surface area contributed by atoms with Gasteiger partial charge in [-0.1, -0.05) is 55.3 Å². The van der Waals surface area contributed by atoms with E-state index >= 15 is 0 Å². The monoisotopic (exact) mass is 616 g/mol. The molecule has 6 bridgehead atoms. The standard InChI is InChI=1S/C40H48N4O2/c1-5-23-15-22-16-32-37-28(13-14-44(20-22)39(23)32)27-12-11-25(17-34(27)42-37)30-18-29-24(6-2)21-43(3)35(36(29)40(45)46-4)19-31-26-9-7-8-10-33(26)41-38(30)31/h6-12,17,22-23,29-30,32,35-36,39,41-42H,5,13-16,18-21H2,1-4H3/b24-6-/t22-,23+,29-,30-,32+,35-,36?,39+/m1/s1. The number of para-hydroxylation sites is 1. The normalized spacial score (nSPS) is 34.6. The molecule has 4 aliphatic heterocycles. The number of likely N-dealkylation sites (tertiary alicyclic amines) is 1. The molecular weight excluding hydrogens is 568 g/mol. The number of aromatic amines is 2. The second-order valence-electron chi connectivity index (χ2n) is 15.2. The zero-order valence-corrected chi connectivity index (χ0v) is 27.8. The van der Waals surface area contributed by atoms with Gasteiger partial charge in [0.1, 0.15) is 0 Å². The number of aromatic nitrogens is 2. The van der Waals surface area contributed by atoms with Crippen molar-refractivity contribution in [3.05, 3.63) is 82.2 Å². The van der Waals surface area contributed by atoms with Crippen molar-refractivity contribution in [1.82, 2.24) is 19.8 Å². The summed E-state index contributed by atoms with van der Waals surface area (Å²) in [4.78, 5) is 26.9. The lowest BCUT2D eigenvalue weighted by atomic mass is 9.65. The van der Waals surface area contributed by atoms with Crippen molar-refractivity contribution in [2.24, 2.45) is 23.7 Å². The van der Waals surface area contributed by atoms with E-state index in [0.717, 1.165) is 37.6 Å². The number of benzene rings is 2. The van der Waals surface area contributed by atoms with Gasteiger partial charge in [-0.25, -0.2) is 0 Å². The summed E-state index contributed by atoms with van der Waals surface area (Å²) in [5.74, 6) is 2.30. The largest absolute Gasteiger partial charge is 0.469 e. The number of hydrogen-bond donors (Lipinski definition) is 2. The summed E-state index contributed by atoms with van der Waals surface area (Å²) in [6.45, 7) is 7.93. The van der Waals surface area contributed by atoms with Gasteiger partial charge in [0.15, 0.2) is 0 Å². The van der Waals surface area contributed by atoms with Crippen molar-refractivity contribution in [3.8, 4) is 0 Å². The second-order valence-corrected chi connectivity index (χ2v) is 15.2. The predicted molar refractivity (Wildman–Crippen MR) is 184 cm³/mol. The number of ether oxygens (including phenoxy) is 1. The maximum atomic E-state index is 13.6. The molecule has 2 aromatic heterocycles. The molecule has 46 heavy (non-hydrogen) atoms. The van der Waals surface area contributed by atoms with E-state index in [1.165, 1.54) is 82.2 Å². The lowest BCUT2D eigenvalue weighted by molar-refractivity contribution is -0.151. The number of allylic oxidation sites excluding steroid dienone is 1. The second kappa shape index (κ2) is 10.8.